The van der Waals surface area contributed by atoms with Crippen LogP contribution in [-0.2, 0) is 4.79 Å². The summed E-state index contributed by atoms with van der Waals surface area (Å²) in [5.41, 5.74) is 2.10. The Hall–Kier alpha value is -2.62. The zero-order valence-corrected chi connectivity index (χ0v) is 14.4. The van der Waals surface area contributed by atoms with E-state index in [1.165, 1.54) is 17.4 Å². The number of nitriles is 1. The van der Waals surface area contributed by atoms with Gasteiger partial charge in [-0.1, -0.05) is 12.1 Å². The molecule has 6 heteroatoms. The van der Waals surface area contributed by atoms with E-state index in [-0.39, 0.29) is 5.12 Å². The van der Waals surface area contributed by atoms with Crippen molar-refractivity contribution in [3.8, 4) is 11.8 Å². The van der Waals surface area contributed by atoms with Crippen molar-refractivity contribution < 1.29 is 9.53 Å². The molecule has 1 heterocycles. The highest BCUT2D eigenvalue weighted by Gasteiger charge is 2.08. The molecule has 24 heavy (non-hydrogen) atoms. The number of carbonyl (C=O) groups excluding carboxylic acids is 1. The molecule has 0 unspecified atom stereocenters. The highest BCUT2D eigenvalue weighted by atomic mass is 32.2. The fourth-order valence-corrected chi connectivity index (χ4v) is 3.94. The van der Waals surface area contributed by atoms with E-state index in [4.69, 9.17) is 10.00 Å². The Bertz CT molecular complexity index is 938. The average molecular weight is 352 g/mol. The molecule has 0 aliphatic rings. The second-order valence-electron chi connectivity index (χ2n) is 4.77. The summed E-state index contributed by atoms with van der Waals surface area (Å²) in [4.78, 5) is 16.6. The van der Waals surface area contributed by atoms with Gasteiger partial charge in [0.25, 0.3) is 0 Å². The summed E-state index contributed by atoms with van der Waals surface area (Å²) in [5.74, 6) is 0.614. The monoisotopic (exact) mass is 352 g/mol. The summed E-state index contributed by atoms with van der Waals surface area (Å²) in [7, 11) is 1.55. The maximum absolute atomic E-state index is 12.2. The normalized spacial score (nSPS) is 10.8. The number of fused-ring (bicyclic) bond motifs is 1. The number of para-hydroxylation sites is 1. The highest BCUT2D eigenvalue weighted by molar-refractivity contribution is 8.15. The van der Waals surface area contributed by atoms with Crippen LogP contribution in [0.25, 0.3) is 16.3 Å². The van der Waals surface area contributed by atoms with Crippen LogP contribution in [0.3, 0.4) is 0 Å². The second kappa shape index (κ2) is 7.30. The van der Waals surface area contributed by atoms with Crippen LogP contribution in [0.2, 0.25) is 0 Å². The minimum Gasteiger partial charge on any atom is -0.496 e. The Balaban J connectivity index is 1.77. The van der Waals surface area contributed by atoms with Gasteiger partial charge < -0.3 is 4.74 Å². The fraction of sp³-hybridized carbons (Fsp3) is 0.0556. The van der Waals surface area contributed by atoms with E-state index in [1.54, 1.807) is 31.4 Å². The summed E-state index contributed by atoms with van der Waals surface area (Å²) in [6.07, 6.45) is 3.12. The SMILES string of the molecule is COc1ccc(C#N)cc1C=CC(=O)Sc1nc2ccccc2s1. The van der Waals surface area contributed by atoms with Crippen LogP contribution in [0.1, 0.15) is 11.1 Å². The first-order valence-corrected chi connectivity index (χ1v) is 8.66. The maximum atomic E-state index is 12.2. The Labute approximate surface area is 147 Å². The van der Waals surface area contributed by atoms with Gasteiger partial charge in [-0.05, 0) is 54.2 Å². The number of aromatic nitrogens is 1. The van der Waals surface area contributed by atoms with Crippen LogP contribution in [0.4, 0.5) is 0 Å². The number of hydrogen-bond acceptors (Lipinski definition) is 6. The topological polar surface area (TPSA) is 63.0 Å². The van der Waals surface area contributed by atoms with Crippen molar-refractivity contribution in [2.45, 2.75) is 4.34 Å². The lowest BCUT2D eigenvalue weighted by molar-refractivity contribution is -0.106. The molecule has 0 aliphatic carbocycles. The Morgan fingerprint density at radius 2 is 2.17 bits per heavy atom. The van der Waals surface area contributed by atoms with Crippen molar-refractivity contribution in [2.24, 2.45) is 0 Å². The molecule has 3 rings (SSSR count). The molecule has 0 atom stereocenters. The molecule has 2 aromatic carbocycles. The van der Waals surface area contributed by atoms with Gasteiger partial charge in [0.05, 0.1) is 29.0 Å². The third-order valence-corrected chi connectivity index (χ3v) is 5.15. The number of thioether (sulfide) groups is 1. The molecule has 0 aliphatic heterocycles. The van der Waals surface area contributed by atoms with Crippen LogP contribution in [0.15, 0.2) is 52.9 Å². The van der Waals surface area contributed by atoms with Crippen LogP contribution in [0.5, 0.6) is 5.75 Å². The van der Waals surface area contributed by atoms with Crippen molar-refractivity contribution in [1.82, 2.24) is 4.98 Å². The standard InChI is InChI=1S/C18H12N2O2S2/c1-22-15-8-6-12(11-19)10-13(15)7-9-17(21)24-18-20-14-4-2-3-5-16(14)23-18/h2-10H,1H3. The molecular weight excluding hydrogens is 340 g/mol. The lowest BCUT2D eigenvalue weighted by atomic mass is 10.1. The van der Waals surface area contributed by atoms with Crippen molar-refractivity contribution in [2.75, 3.05) is 7.11 Å². The second-order valence-corrected chi connectivity index (χ2v) is 7.05. The first-order chi connectivity index (χ1) is 11.7. The van der Waals surface area contributed by atoms with Gasteiger partial charge in [0.15, 0.2) is 4.34 Å². The van der Waals surface area contributed by atoms with Gasteiger partial charge in [0, 0.05) is 5.56 Å². The first kappa shape index (κ1) is 16.2. The number of nitrogens with zero attached hydrogens (tertiary/aromatic N) is 2. The molecule has 118 valence electrons. The number of carbonyl (C=O) groups is 1. The van der Waals surface area contributed by atoms with Gasteiger partial charge in [-0.2, -0.15) is 5.26 Å². The molecule has 0 spiro atoms. The zero-order valence-electron chi connectivity index (χ0n) is 12.7. The van der Waals surface area contributed by atoms with Crippen LogP contribution in [0, 0.1) is 11.3 Å². The zero-order chi connectivity index (χ0) is 16.9. The molecule has 0 saturated heterocycles. The van der Waals surface area contributed by atoms with E-state index in [0.29, 0.717) is 21.2 Å². The smallest absolute Gasteiger partial charge is 0.219 e. The van der Waals surface area contributed by atoms with Gasteiger partial charge >= 0.3 is 0 Å². The molecule has 1 aromatic heterocycles. The number of methoxy groups -OCH3 is 1. The summed E-state index contributed by atoms with van der Waals surface area (Å²) in [6, 6.07) is 14.9. The summed E-state index contributed by atoms with van der Waals surface area (Å²) in [5, 5.41) is 8.85. The fourth-order valence-electron chi connectivity index (χ4n) is 2.11. The quantitative estimate of drug-likeness (QED) is 0.511. The van der Waals surface area contributed by atoms with Gasteiger partial charge in [0.2, 0.25) is 5.12 Å². The Morgan fingerprint density at radius 3 is 2.92 bits per heavy atom. The van der Waals surface area contributed by atoms with Gasteiger partial charge in [-0.15, -0.1) is 11.3 Å². The minimum atomic E-state index is -0.126. The molecule has 0 N–H and O–H groups in total. The van der Waals surface area contributed by atoms with Crippen molar-refractivity contribution in [3.63, 3.8) is 0 Å². The largest absolute Gasteiger partial charge is 0.496 e. The van der Waals surface area contributed by atoms with Crippen LogP contribution < -0.4 is 4.74 Å². The number of rotatable bonds is 4. The number of benzene rings is 2. The number of hydrogen-bond donors (Lipinski definition) is 0. The Morgan fingerprint density at radius 1 is 1.33 bits per heavy atom. The molecule has 0 fully saturated rings. The third kappa shape index (κ3) is 3.65. The molecular formula is C18H12N2O2S2. The van der Waals surface area contributed by atoms with Crippen molar-refractivity contribution in [3.05, 3.63) is 59.7 Å². The Kier molecular flexibility index (Phi) is 4.94. The van der Waals surface area contributed by atoms with Gasteiger partial charge in [-0.3, -0.25) is 4.79 Å². The molecule has 0 amide bonds. The number of thiazole rings is 1. The summed E-state index contributed by atoms with van der Waals surface area (Å²) in [6.45, 7) is 0. The first-order valence-electron chi connectivity index (χ1n) is 7.03. The van der Waals surface area contributed by atoms with Crippen molar-refractivity contribution in [1.29, 1.82) is 5.26 Å². The molecule has 4 nitrogen and oxygen atoms in total. The molecule has 0 radical (unpaired) electrons. The predicted octanol–water partition coefficient (Wildman–Crippen LogP) is 4.51. The third-order valence-electron chi connectivity index (χ3n) is 3.22. The maximum Gasteiger partial charge on any atom is 0.219 e. The van der Waals surface area contributed by atoms with E-state index in [9.17, 15) is 4.79 Å². The van der Waals surface area contributed by atoms with E-state index >= 15 is 0 Å². The minimum absolute atomic E-state index is 0.126. The van der Waals surface area contributed by atoms with E-state index < -0.39 is 0 Å². The molecule has 3 aromatic rings. The lowest BCUT2D eigenvalue weighted by Gasteiger charge is -2.04. The summed E-state index contributed by atoms with van der Waals surface area (Å²) < 4.78 is 7.01. The van der Waals surface area contributed by atoms with E-state index in [1.807, 2.05) is 24.3 Å². The van der Waals surface area contributed by atoms with Crippen molar-refractivity contribution >= 4 is 44.5 Å². The van der Waals surface area contributed by atoms with E-state index in [2.05, 4.69) is 11.1 Å². The van der Waals surface area contributed by atoms with Crippen LogP contribution in [-0.4, -0.2) is 17.2 Å². The van der Waals surface area contributed by atoms with Gasteiger partial charge in [0.1, 0.15) is 5.75 Å². The van der Waals surface area contributed by atoms with Gasteiger partial charge in [-0.25, -0.2) is 4.98 Å². The highest BCUT2D eigenvalue weighted by Crippen LogP contribution is 2.30. The average Bonchev–Trinajstić information content (AvgIpc) is 3.01. The molecule has 0 bridgehead atoms. The van der Waals surface area contributed by atoms with Crippen LogP contribution >= 0.6 is 23.1 Å². The summed E-state index contributed by atoms with van der Waals surface area (Å²) >= 11 is 2.58. The predicted molar refractivity (Wildman–Crippen MR) is 97.2 cm³/mol. The lowest BCUT2D eigenvalue weighted by Crippen LogP contribution is -1.89. The number of ether oxygens (including phenoxy) is 1. The molecule has 0 saturated carbocycles. The van der Waals surface area contributed by atoms with E-state index in [0.717, 1.165) is 22.0 Å².